The number of thioether (sulfide) groups is 1. The second-order valence-electron chi connectivity index (χ2n) is 7.88. The summed E-state index contributed by atoms with van der Waals surface area (Å²) in [5.74, 6) is 0.799. The van der Waals surface area contributed by atoms with Crippen molar-refractivity contribution in [3.05, 3.63) is 35.1 Å². The molecule has 0 radical (unpaired) electrons. The molecule has 30 heavy (non-hydrogen) atoms. The van der Waals surface area contributed by atoms with E-state index >= 15 is 0 Å². The quantitative estimate of drug-likeness (QED) is 0.647. The Morgan fingerprint density at radius 3 is 2.57 bits per heavy atom. The van der Waals surface area contributed by atoms with Crippen molar-refractivity contribution in [1.82, 2.24) is 25.0 Å². The number of rotatable bonds is 7. The number of nitrogens with zero attached hydrogens (tertiary/aromatic N) is 5. The molecule has 2 aromatic rings. The highest BCUT2D eigenvalue weighted by Crippen LogP contribution is 2.29. The Kier molecular flexibility index (Phi) is 7.40. The Hall–Kier alpha value is -2.08. The summed E-state index contributed by atoms with van der Waals surface area (Å²) in [6, 6.07) is 9.82. The molecule has 9 heteroatoms. The summed E-state index contributed by atoms with van der Waals surface area (Å²) >= 11 is 7.37. The van der Waals surface area contributed by atoms with Gasteiger partial charge in [0, 0.05) is 10.7 Å². The maximum Gasteiger partial charge on any atom is 0.231 e. The molecule has 1 saturated carbocycles. The fourth-order valence-electron chi connectivity index (χ4n) is 3.56. The van der Waals surface area contributed by atoms with Gasteiger partial charge in [0.15, 0.2) is 11.0 Å². The lowest BCUT2D eigenvalue weighted by Crippen LogP contribution is -2.49. The van der Waals surface area contributed by atoms with Crippen molar-refractivity contribution in [2.75, 3.05) is 19.8 Å². The average Bonchev–Trinajstić information content (AvgIpc) is 3.16. The van der Waals surface area contributed by atoms with E-state index in [0.717, 1.165) is 30.8 Å². The van der Waals surface area contributed by atoms with Gasteiger partial charge < -0.3 is 5.32 Å². The topological polar surface area (TPSA) is 86.8 Å². The van der Waals surface area contributed by atoms with Crippen LogP contribution in [0.15, 0.2) is 29.4 Å². The van der Waals surface area contributed by atoms with E-state index in [4.69, 9.17) is 11.6 Å². The van der Waals surface area contributed by atoms with Crippen molar-refractivity contribution < 1.29 is 4.79 Å². The molecule has 1 aliphatic carbocycles. The molecular weight excluding hydrogens is 420 g/mol. The minimum atomic E-state index is -0.732. The third-order valence-electron chi connectivity index (χ3n) is 5.52. The van der Waals surface area contributed by atoms with Crippen LogP contribution in [-0.4, -0.2) is 51.0 Å². The Bertz CT molecular complexity index is 915. The van der Waals surface area contributed by atoms with E-state index < -0.39 is 5.54 Å². The van der Waals surface area contributed by atoms with Gasteiger partial charge in [-0.05, 0) is 58.1 Å². The monoisotopic (exact) mass is 446 g/mol. The van der Waals surface area contributed by atoms with Gasteiger partial charge in [0.05, 0.1) is 17.9 Å². The molecule has 1 heterocycles. The number of hydrogen-bond donors (Lipinski definition) is 1. The van der Waals surface area contributed by atoms with Crippen LogP contribution in [0.2, 0.25) is 5.02 Å². The van der Waals surface area contributed by atoms with Gasteiger partial charge >= 0.3 is 0 Å². The van der Waals surface area contributed by atoms with Crippen LogP contribution in [0.4, 0.5) is 0 Å². The fourth-order valence-corrected chi connectivity index (χ4v) is 4.45. The van der Waals surface area contributed by atoms with Gasteiger partial charge in [-0.1, -0.05) is 42.6 Å². The van der Waals surface area contributed by atoms with Gasteiger partial charge in [-0.25, -0.2) is 0 Å². The van der Waals surface area contributed by atoms with E-state index in [1.807, 2.05) is 42.9 Å². The first-order valence-electron chi connectivity index (χ1n) is 10.1. The molecule has 1 N–H and O–H groups in total. The summed E-state index contributed by atoms with van der Waals surface area (Å²) in [6.45, 7) is 2.05. The summed E-state index contributed by atoms with van der Waals surface area (Å²) < 4.78 is 1.96. The molecule has 1 aromatic carbocycles. The summed E-state index contributed by atoms with van der Waals surface area (Å²) in [5, 5.41) is 22.6. The third kappa shape index (κ3) is 5.15. The Morgan fingerprint density at radius 2 is 1.97 bits per heavy atom. The van der Waals surface area contributed by atoms with Gasteiger partial charge in [0.1, 0.15) is 5.54 Å². The molecule has 1 unspecified atom stereocenters. The van der Waals surface area contributed by atoms with Gasteiger partial charge in [-0.3, -0.25) is 14.3 Å². The van der Waals surface area contributed by atoms with E-state index in [1.54, 1.807) is 0 Å². The number of aromatic nitrogens is 3. The molecule has 1 aliphatic rings. The highest BCUT2D eigenvalue weighted by molar-refractivity contribution is 7.99. The first-order valence-corrected chi connectivity index (χ1v) is 11.4. The maximum atomic E-state index is 12.6. The van der Waals surface area contributed by atoms with Crippen molar-refractivity contribution in [2.45, 2.75) is 55.8 Å². The first kappa shape index (κ1) is 22.6. The van der Waals surface area contributed by atoms with Crippen LogP contribution in [-0.2, 0) is 4.79 Å². The largest absolute Gasteiger partial charge is 0.337 e. The van der Waals surface area contributed by atoms with Crippen LogP contribution in [0.1, 0.15) is 50.9 Å². The number of carbonyl (C=O) groups excluding carboxylic acids is 1. The number of nitrogens with one attached hydrogen (secondary N) is 1. The molecule has 0 saturated heterocycles. The molecule has 3 rings (SSSR count). The van der Waals surface area contributed by atoms with Crippen LogP contribution >= 0.6 is 23.4 Å². The summed E-state index contributed by atoms with van der Waals surface area (Å²) in [5.41, 5.74) is 0.154. The summed E-state index contributed by atoms with van der Waals surface area (Å²) in [4.78, 5) is 14.7. The SMILES string of the molecule is CC(c1nnc(SCC(=O)NC2(C#N)CCCCC2)n1-c1ccc(Cl)cc1)N(C)C. The molecule has 1 aromatic heterocycles. The van der Waals surface area contributed by atoms with Crippen molar-refractivity contribution in [3.8, 4) is 11.8 Å². The third-order valence-corrected chi connectivity index (χ3v) is 6.70. The van der Waals surface area contributed by atoms with Crippen molar-refractivity contribution in [3.63, 3.8) is 0 Å². The number of hydrogen-bond acceptors (Lipinski definition) is 6. The van der Waals surface area contributed by atoms with E-state index in [2.05, 4.69) is 33.4 Å². The van der Waals surface area contributed by atoms with Crippen LogP contribution in [0.5, 0.6) is 0 Å². The van der Waals surface area contributed by atoms with Crippen LogP contribution in [0.25, 0.3) is 5.69 Å². The van der Waals surface area contributed by atoms with Crippen molar-refractivity contribution >= 4 is 29.3 Å². The second-order valence-corrected chi connectivity index (χ2v) is 9.26. The lowest BCUT2D eigenvalue weighted by atomic mass is 9.83. The Balaban J connectivity index is 1.79. The molecule has 0 bridgehead atoms. The lowest BCUT2D eigenvalue weighted by molar-refractivity contribution is -0.120. The fraction of sp³-hybridized carbons (Fsp3) is 0.524. The standard InChI is InChI=1S/C21H27ClN6OS/c1-15(27(2)3)19-25-26-20(28(19)17-9-7-16(22)8-10-17)30-13-18(29)24-21(14-23)11-5-4-6-12-21/h7-10,15H,4-6,11-13H2,1-3H3,(H,24,29). The zero-order valence-electron chi connectivity index (χ0n) is 17.6. The zero-order chi connectivity index (χ0) is 21.7. The zero-order valence-corrected chi connectivity index (χ0v) is 19.1. The van der Waals surface area contributed by atoms with E-state index in [1.165, 1.54) is 11.8 Å². The lowest BCUT2D eigenvalue weighted by Gasteiger charge is -2.31. The highest BCUT2D eigenvalue weighted by atomic mass is 35.5. The maximum absolute atomic E-state index is 12.6. The molecular formula is C21H27ClN6OS. The number of benzene rings is 1. The molecule has 160 valence electrons. The van der Waals surface area contributed by atoms with Gasteiger partial charge in [-0.2, -0.15) is 5.26 Å². The summed E-state index contributed by atoms with van der Waals surface area (Å²) in [7, 11) is 3.97. The number of amides is 1. The molecule has 7 nitrogen and oxygen atoms in total. The van der Waals surface area contributed by atoms with Gasteiger partial charge in [0.25, 0.3) is 0 Å². The van der Waals surface area contributed by atoms with Crippen LogP contribution in [0, 0.1) is 11.3 Å². The Labute approximate surface area is 186 Å². The molecule has 0 spiro atoms. The Morgan fingerprint density at radius 1 is 1.30 bits per heavy atom. The van der Waals surface area contributed by atoms with Crippen LogP contribution in [0.3, 0.4) is 0 Å². The van der Waals surface area contributed by atoms with Gasteiger partial charge in [0.2, 0.25) is 5.91 Å². The highest BCUT2D eigenvalue weighted by Gasteiger charge is 2.33. The average molecular weight is 447 g/mol. The van der Waals surface area contributed by atoms with E-state index in [9.17, 15) is 10.1 Å². The van der Waals surface area contributed by atoms with Gasteiger partial charge in [-0.15, -0.1) is 10.2 Å². The number of nitriles is 1. The predicted molar refractivity (Wildman–Crippen MR) is 119 cm³/mol. The normalized spacial score (nSPS) is 16.8. The van der Waals surface area contributed by atoms with Crippen molar-refractivity contribution in [2.24, 2.45) is 0 Å². The van der Waals surface area contributed by atoms with Crippen molar-refractivity contribution in [1.29, 1.82) is 5.26 Å². The number of carbonyl (C=O) groups is 1. The summed E-state index contributed by atoms with van der Waals surface area (Å²) in [6.07, 6.45) is 4.48. The van der Waals surface area contributed by atoms with Crippen LogP contribution < -0.4 is 5.32 Å². The second kappa shape index (κ2) is 9.82. The molecule has 1 amide bonds. The van der Waals surface area contributed by atoms with E-state index in [0.29, 0.717) is 23.0 Å². The molecule has 1 fully saturated rings. The first-order chi connectivity index (χ1) is 14.3. The number of halogens is 1. The van der Waals surface area contributed by atoms with E-state index in [-0.39, 0.29) is 17.7 Å². The molecule has 1 atom stereocenters. The minimum absolute atomic E-state index is 0.0282. The smallest absolute Gasteiger partial charge is 0.231 e. The molecule has 0 aliphatic heterocycles. The minimum Gasteiger partial charge on any atom is -0.337 e. The predicted octanol–water partition coefficient (Wildman–Crippen LogP) is 3.98.